The van der Waals surface area contributed by atoms with Crippen molar-refractivity contribution in [1.29, 1.82) is 5.26 Å². The van der Waals surface area contributed by atoms with Gasteiger partial charge in [-0.15, -0.1) is 0 Å². The number of nitrogens with one attached hydrogen (secondary N) is 1. The van der Waals surface area contributed by atoms with Gasteiger partial charge in [0.05, 0.1) is 11.6 Å². The molecule has 3 heteroatoms. The molecule has 2 rings (SSSR count). The van der Waals surface area contributed by atoms with Crippen LogP contribution in [0.25, 0.3) is 0 Å². The molecule has 0 atom stereocenters. The summed E-state index contributed by atoms with van der Waals surface area (Å²) in [6, 6.07) is 18.3. The van der Waals surface area contributed by atoms with Crippen molar-refractivity contribution >= 4 is 5.91 Å². The quantitative estimate of drug-likeness (QED) is 0.890. The highest BCUT2D eigenvalue weighted by Gasteiger charge is 2.04. The number of amides is 1. The van der Waals surface area contributed by atoms with E-state index in [2.05, 4.69) is 5.32 Å². The summed E-state index contributed by atoms with van der Waals surface area (Å²) in [5, 5.41) is 11.5. The number of benzene rings is 2. The molecule has 0 unspecified atom stereocenters. The highest BCUT2D eigenvalue weighted by atomic mass is 16.1. The third kappa shape index (κ3) is 2.96. The topological polar surface area (TPSA) is 52.9 Å². The fourth-order valence-corrected chi connectivity index (χ4v) is 1.58. The molecule has 2 aromatic rings. The summed E-state index contributed by atoms with van der Waals surface area (Å²) in [6.07, 6.45) is 0. The van der Waals surface area contributed by atoms with E-state index in [4.69, 9.17) is 5.26 Å². The Morgan fingerprint density at radius 1 is 1.06 bits per heavy atom. The van der Waals surface area contributed by atoms with Crippen molar-refractivity contribution in [1.82, 2.24) is 5.32 Å². The van der Waals surface area contributed by atoms with Crippen molar-refractivity contribution in [3.63, 3.8) is 0 Å². The van der Waals surface area contributed by atoms with Crippen LogP contribution in [0.2, 0.25) is 0 Å². The van der Waals surface area contributed by atoms with Crippen LogP contribution in [0, 0.1) is 11.3 Å². The molecule has 0 bridgehead atoms. The van der Waals surface area contributed by atoms with E-state index in [9.17, 15) is 4.79 Å². The molecule has 88 valence electrons. The van der Waals surface area contributed by atoms with Crippen molar-refractivity contribution in [2.75, 3.05) is 0 Å². The molecule has 1 N–H and O–H groups in total. The Balaban J connectivity index is 1.98. The van der Waals surface area contributed by atoms with Gasteiger partial charge in [-0.2, -0.15) is 5.26 Å². The largest absolute Gasteiger partial charge is 0.348 e. The summed E-state index contributed by atoms with van der Waals surface area (Å²) < 4.78 is 0. The standard InChI is InChI=1S/C15H12N2O/c16-10-12-6-8-14(9-7-12)15(18)17-11-13-4-2-1-3-5-13/h1-9H,11H2,(H,17,18). The van der Waals surface area contributed by atoms with Crippen molar-refractivity contribution in [2.45, 2.75) is 6.54 Å². The molecule has 3 nitrogen and oxygen atoms in total. The molecule has 0 saturated carbocycles. The number of nitriles is 1. The van der Waals surface area contributed by atoms with Gasteiger partial charge >= 0.3 is 0 Å². The summed E-state index contributed by atoms with van der Waals surface area (Å²) in [5.74, 6) is -0.136. The number of nitrogens with zero attached hydrogens (tertiary/aromatic N) is 1. The Hall–Kier alpha value is -2.60. The molecule has 0 aliphatic carbocycles. The summed E-state index contributed by atoms with van der Waals surface area (Å²) >= 11 is 0. The lowest BCUT2D eigenvalue weighted by molar-refractivity contribution is 0.0951. The van der Waals surface area contributed by atoms with Crippen LogP contribution in [0.3, 0.4) is 0 Å². The zero-order chi connectivity index (χ0) is 12.8. The predicted molar refractivity (Wildman–Crippen MR) is 68.8 cm³/mol. The summed E-state index contributed by atoms with van der Waals surface area (Å²) in [5.41, 5.74) is 2.17. The van der Waals surface area contributed by atoms with Crippen LogP contribution in [0.1, 0.15) is 21.5 Å². The van der Waals surface area contributed by atoms with Crippen molar-refractivity contribution in [3.05, 3.63) is 71.3 Å². The Labute approximate surface area is 106 Å². The lowest BCUT2D eigenvalue weighted by Gasteiger charge is -2.05. The lowest BCUT2D eigenvalue weighted by atomic mass is 10.1. The zero-order valence-corrected chi connectivity index (χ0v) is 9.76. The first-order valence-corrected chi connectivity index (χ1v) is 5.62. The maximum atomic E-state index is 11.8. The fraction of sp³-hybridized carbons (Fsp3) is 0.0667. The minimum absolute atomic E-state index is 0.136. The second kappa shape index (κ2) is 5.65. The molecule has 0 saturated heterocycles. The van der Waals surface area contributed by atoms with Crippen LogP contribution < -0.4 is 5.32 Å². The maximum absolute atomic E-state index is 11.8. The zero-order valence-electron chi connectivity index (χ0n) is 9.76. The molecule has 0 heterocycles. The minimum atomic E-state index is -0.136. The van der Waals surface area contributed by atoms with E-state index >= 15 is 0 Å². The number of carbonyl (C=O) groups is 1. The highest BCUT2D eigenvalue weighted by Crippen LogP contribution is 2.04. The van der Waals surface area contributed by atoms with E-state index in [-0.39, 0.29) is 5.91 Å². The second-order valence-electron chi connectivity index (χ2n) is 3.86. The van der Waals surface area contributed by atoms with E-state index in [0.717, 1.165) is 5.56 Å². The van der Waals surface area contributed by atoms with Crippen LogP contribution >= 0.6 is 0 Å². The summed E-state index contributed by atoms with van der Waals surface area (Å²) in [6.45, 7) is 0.500. The van der Waals surface area contributed by atoms with Crippen LogP contribution in [0.5, 0.6) is 0 Å². The van der Waals surface area contributed by atoms with Crippen molar-refractivity contribution < 1.29 is 4.79 Å². The molecule has 0 radical (unpaired) electrons. The van der Waals surface area contributed by atoms with E-state index in [0.29, 0.717) is 17.7 Å². The van der Waals surface area contributed by atoms with E-state index in [1.165, 1.54) is 0 Å². The Morgan fingerprint density at radius 3 is 2.33 bits per heavy atom. The first-order chi connectivity index (χ1) is 8.79. The van der Waals surface area contributed by atoms with E-state index in [1.807, 2.05) is 36.4 Å². The van der Waals surface area contributed by atoms with Gasteiger partial charge in [-0.05, 0) is 29.8 Å². The van der Waals surface area contributed by atoms with Crippen LogP contribution in [0.4, 0.5) is 0 Å². The molecular weight excluding hydrogens is 224 g/mol. The van der Waals surface area contributed by atoms with Gasteiger partial charge in [0.25, 0.3) is 5.91 Å². The van der Waals surface area contributed by atoms with Gasteiger partial charge in [0.1, 0.15) is 0 Å². The SMILES string of the molecule is N#Cc1ccc(C(=O)NCc2ccccc2)cc1. The third-order valence-electron chi connectivity index (χ3n) is 2.57. The smallest absolute Gasteiger partial charge is 0.251 e. The highest BCUT2D eigenvalue weighted by molar-refractivity contribution is 5.94. The molecule has 0 aliphatic rings. The molecule has 1 amide bonds. The van der Waals surface area contributed by atoms with E-state index < -0.39 is 0 Å². The van der Waals surface area contributed by atoms with E-state index in [1.54, 1.807) is 24.3 Å². The minimum Gasteiger partial charge on any atom is -0.348 e. The molecule has 0 spiro atoms. The van der Waals surface area contributed by atoms with Crippen LogP contribution in [0.15, 0.2) is 54.6 Å². The first kappa shape index (κ1) is 11.9. The van der Waals surface area contributed by atoms with Crippen molar-refractivity contribution in [2.24, 2.45) is 0 Å². The molecule has 18 heavy (non-hydrogen) atoms. The van der Waals surface area contributed by atoms with Gasteiger partial charge in [0, 0.05) is 12.1 Å². The Bertz CT molecular complexity index is 568. The lowest BCUT2D eigenvalue weighted by Crippen LogP contribution is -2.22. The van der Waals surface area contributed by atoms with Crippen molar-refractivity contribution in [3.8, 4) is 6.07 Å². The third-order valence-corrected chi connectivity index (χ3v) is 2.57. The number of rotatable bonds is 3. The molecule has 2 aromatic carbocycles. The molecule has 0 aromatic heterocycles. The number of hydrogen-bond acceptors (Lipinski definition) is 2. The van der Waals surface area contributed by atoms with Gasteiger partial charge in [0.15, 0.2) is 0 Å². The fourth-order valence-electron chi connectivity index (χ4n) is 1.58. The first-order valence-electron chi connectivity index (χ1n) is 5.62. The number of carbonyl (C=O) groups excluding carboxylic acids is 1. The van der Waals surface area contributed by atoms with Gasteiger partial charge < -0.3 is 5.32 Å². The average Bonchev–Trinajstić information content (AvgIpc) is 2.46. The van der Waals surface area contributed by atoms with Gasteiger partial charge in [-0.1, -0.05) is 30.3 Å². The Kier molecular flexibility index (Phi) is 3.72. The van der Waals surface area contributed by atoms with Crippen LogP contribution in [-0.4, -0.2) is 5.91 Å². The number of hydrogen-bond donors (Lipinski definition) is 1. The van der Waals surface area contributed by atoms with Gasteiger partial charge in [0.2, 0.25) is 0 Å². The molecule has 0 fully saturated rings. The van der Waals surface area contributed by atoms with Gasteiger partial charge in [-0.3, -0.25) is 4.79 Å². The molecule has 0 aliphatic heterocycles. The normalized spacial score (nSPS) is 9.50. The summed E-state index contributed by atoms with van der Waals surface area (Å²) in [4.78, 5) is 11.8. The van der Waals surface area contributed by atoms with Gasteiger partial charge in [-0.25, -0.2) is 0 Å². The van der Waals surface area contributed by atoms with Crippen LogP contribution in [-0.2, 0) is 6.54 Å². The predicted octanol–water partition coefficient (Wildman–Crippen LogP) is 2.49. The molecular formula is C15H12N2O. The Morgan fingerprint density at radius 2 is 1.72 bits per heavy atom. The summed E-state index contributed by atoms with van der Waals surface area (Å²) in [7, 11) is 0. The maximum Gasteiger partial charge on any atom is 0.251 e. The monoisotopic (exact) mass is 236 g/mol. The average molecular weight is 236 g/mol. The second-order valence-corrected chi connectivity index (χ2v) is 3.86.